The standard InChI is InChI=1S/C13H13FN4OS/c14-10-4-3-9-7-12(20-11(9)8-10)13(19)16-5-1-2-6-17-18-15/h3-4,7-8H,1-2,5-6H2,(H,16,19). The molecular weight excluding hydrogens is 279 g/mol. The second-order valence-corrected chi connectivity index (χ2v) is 5.29. The molecule has 0 atom stereocenters. The first-order chi connectivity index (χ1) is 9.70. The maximum atomic E-state index is 13.1. The molecule has 2 aromatic rings. The van der Waals surface area contributed by atoms with E-state index in [1.54, 1.807) is 12.1 Å². The zero-order valence-electron chi connectivity index (χ0n) is 10.7. The minimum absolute atomic E-state index is 0.157. The topological polar surface area (TPSA) is 77.9 Å². The molecule has 1 heterocycles. The van der Waals surface area contributed by atoms with Crippen LogP contribution >= 0.6 is 11.3 Å². The van der Waals surface area contributed by atoms with Crippen LogP contribution in [0.3, 0.4) is 0 Å². The first-order valence-electron chi connectivity index (χ1n) is 6.19. The lowest BCUT2D eigenvalue weighted by molar-refractivity contribution is 0.0957. The van der Waals surface area contributed by atoms with E-state index >= 15 is 0 Å². The van der Waals surface area contributed by atoms with E-state index in [0.29, 0.717) is 18.0 Å². The molecule has 0 radical (unpaired) electrons. The summed E-state index contributed by atoms with van der Waals surface area (Å²) in [7, 11) is 0. The molecule has 1 aromatic carbocycles. The van der Waals surface area contributed by atoms with Crippen LogP contribution in [0.1, 0.15) is 22.5 Å². The molecule has 1 amide bonds. The third-order valence-electron chi connectivity index (χ3n) is 2.74. The number of carbonyl (C=O) groups excluding carboxylic acids is 1. The van der Waals surface area contributed by atoms with Crippen LogP contribution in [0, 0.1) is 5.82 Å². The van der Waals surface area contributed by atoms with Crippen molar-refractivity contribution in [1.82, 2.24) is 5.32 Å². The first kappa shape index (κ1) is 14.3. The average Bonchev–Trinajstić information content (AvgIpc) is 2.85. The highest BCUT2D eigenvalue weighted by Crippen LogP contribution is 2.26. The summed E-state index contributed by atoms with van der Waals surface area (Å²) in [6.45, 7) is 0.969. The largest absolute Gasteiger partial charge is 0.351 e. The number of fused-ring (bicyclic) bond motifs is 1. The van der Waals surface area contributed by atoms with Crippen LogP contribution in [-0.4, -0.2) is 19.0 Å². The molecule has 0 unspecified atom stereocenters. The van der Waals surface area contributed by atoms with Gasteiger partial charge in [-0.3, -0.25) is 4.79 Å². The van der Waals surface area contributed by atoms with Crippen LogP contribution in [0.15, 0.2) is 29.4 Å². The van der Waals surface area contributed by atoms with E-state index < -0.39 is 0 Å². The molecule has 20 heavy (non-hydrogen) atoms. The Morgan fingerprint density at radius 3 is 3.05 bits per heavy atom. The van der Waals surface area contributed by atoms with E-state index in [0.717, 1.165) is 22.9 Å². The third kappa shape index (κ3) is 3.69. The molecule has 0 saturated carbocycles. The summed E-state index contributed by atoms with van der Waals surface area (Å²) >= 11 is 1.27. The van der Waals surface area contributed by atoms with Crippen LogP contribution in [0.25, 0.3) is 20.5 Å². The van der Waals surface area contributed by atoms with Crippen molar-refractivity contribution in [2.45, 2.75) is 12.8 Å². The number of rotatable bonds is 6. The number of azide groups is 1. The lowest BCUT2D eigenvalue weighted by Crippen LogP contribution is -2.23. The molecule has 0 aliphatic carbocycles. The van der Waals surface area contributed by atoms with Crippen molar-refractivity contribution in [3.63, 3.8) is 0 Å². The van der Waals surface area contributed by atoms with Crippen LogP contribution in [0.4, 0.5) is 4.39 Å². The van der Waals surface area contributed by atoms with Crippen molar-refractivity contribution >= 4 is 27.3 Å². The maximum absolute atomic E-state index is 13.1. The van der Waals surface area contributed by atoms with E-state index in [-0.39, 0.29) is 11.7 Å². The third-order valence-corrected chi connectivity index (χ3v) is 3.84. The number of amides is 1. The lowest BCUT2D eigenvalue weighted by atomic mass is 10.2. The highest BCUT2D eigenvalue weighted by molar-refractivity contribution is 7.20. The lowest BCUT2D eigenvalue weighted by Gasteiger charge is -2.01. The molecule has 0 bridgehead atoms. The Hall–Kier alpha value is -2.11. The van der Waals surface area contributed by atoms with Gasteiger partial charge in [0.25, 0.3) is 5.91 Å². The Kier molecular flexibility index (Phi) is 4.92. The van der Waals surface area contributed by atoms with Gasteiger partial charge >= 0.3 is 0 Å². The molecule has 5 nitrogen and oxygen atoms in total. The normalized spacial score (nSPS) is 10.2. The van der Waals surface area contributed by atoms with Crippen molar-refractivity contribution in [2.75, 3.05) is 13.1 Å². The zero-order valence-corrected chi connectivity index (χ0v) is 11.5. The molecule has 0 fully saturated rings. The summed E-state index contributed by atoms with van der Waals surface area (Å²) in [5, 5.41) is 7.08. The van der Waals surface area contributed by atoms with Crippen molar-refractivity contribution in [1.29, 1.82) is 0 Å². The minimum atomic E-state index is -0.302. The fourth-order valence-electron chi connectivity index (χ4n) is 1.76. The molecule has 0 saturated heterocycles. The fraction of sp³-hybridized carbons (Fsp3) is 0.308. The van der Waals surface area contributed by atoms with Crippen molar-refractivity contribution < 1.29 is 9.18 Å². The van der Waals surface area contributed by atoms with Gasteiger partial charge in [0.05, 0.1) is 4.88 Å². The second kappa shape index (κ2) is 6.88. The molecule has 104 valence electrons. The molecule has 2 rings (SSSR count). The molecule has 0 spiro atoms. The maximum Gasteiger partial charge on any atom is 0.261 e. The average molecular weight is 292 g/mol. The number of nitrogens with zero attached hydrogens (tertiary/aromatic N) is 3. The van der Waals surface area contributed by atoms with Crippen LogP contribution in [-0.2, 0) is 0 Å². The van der Waals surface area contributed by atoms with Crippen molar-refractivity contribution in [3.8, 4) is 0 Å². The summed E-state index contributed by atoms with van der Waals surface area (Å²) in [6.07, 6.45) is 1.49. The van der Waals surface area contributed by atoms with Crippen molar-refractivity contribution in [2.24, 2.45) is 5.11 Å². The van der Waals surface area contributed by atoms with E-state index in [1.165, 1.54) is 23.5 Å². The molecule has 1 aromatic heterocycles. The van der Waals surface area contributed by atoms with E-state index in [2.05, 4.69) is 15.3 Å². The summed E-state index contributed by atoms with van der Waals surface area (Å²) in [5.74, 6) is -0.459. The summed E-state index contributed by atoms with van der Waals surface area (Å²) < 4.78 is 13.8. The quantitative estimate of drug-likeness (QED) is 0.373. The van der Waals surface area contributed by atoms with Gasteiger partial charge in [0.2, 0.25) is 0 Å². The molecule has 0 aliphatic heterocycles. The predicted octanol–water partition coefficient (Wildman–Crippen LogP) is 3.86. The summed E-state index contributed by atoms with van der Waals surface area (Å²) in [5.41, 5.74) is 8.11. The van der Waals surface area contributed by atoms with E-state index in [1.807, 2.05) is 0 Å². The van der Waals surface area contributed by atoms with Gasteiger partial charge in [-0.05, 0) is 42.0 Å². The number of hydrogen-bond donors (Lipinski definition) is 1. The van der Waals surface area contributed by atoms with Gasteiger partial charge in [0, 0.05) is 22.7 Å². The smallest absolute Gasteiger partial charge is 0.261 e. The molecular formula is C13H13FN4OS. The fourth-order valence-corrected chi connectivity index (χ4v) is 2.76. The second-order valence-electron chi connectivity index (χ2n) is 4.21. The van der Waals surface area contributed by atoms with Gasteiger partial charge in [0.15, 0.2) is 0 Å². The number of hydrogen-bond acceptors (Lipinski definition) is 3. The Morgan fingerprint density at radius 2 is 2.25 bits per heavy atom. The number of halogens is 1. The SMILES string of the molecule is [N-]=[N+]=NCCCCNC(=O)c1cc2ccc(F)cc2s1. The number of thiophene rings is 1. The van der Waals surface area contributed by atoms with Crippen LogP contribution < -0.4 is 5.32 Å². The van der Waals surface area contributed by atoms with Gasteiger partial charge in [-0.15, -0.1) is 11.3 Å². The molecule has 0 aliphatic rings. The zero-order chi connectivity index (χ0) is 14.4. The Balaban J connectivity index is 1.89. The Morgan fingerprint density at radius 1 is 1.40 bits per heavy atom. The highest BCUT2D eigenvalue weighted by Gasteiger charge is 2.09. The Labute approximate surface area is 119 Å². The summed E-state index contributed by atoms with van der Waals surface area (Å²) in [6, 6.07) is 6.23. The van der Waals surface area contributed by atoms with Gasteiger partial charge in [-0.1, -0.05) is 11.2 Å². The van der Waals surface area contributed by atoms with Crippen molar-refractivity contribution in [3.05, 3.63) is 45.4 Å². The number of unbranched alkanes of at least 4 members (excludes halogenated alkanes) is 1. The highest BCUT2D eigenvalue weighted by atomic mass is 32.1. The molecule has 1 N–H and O–H groups in total. The Bertz CT molecular complexity index is 663. The van der Waals surface area contributed by atoms with E-state index in [4.69, 9.17) is 5.53 Å². The number of carbonyl (C=O) groups is 1. The minimum Gasteiger partial charge on any atom is -0.351 e. The van der Waals surface area contributed by atoms with Gasteiger partial charge in [-0.25, -0.2) is 4.39 Å². The molecule has 7 heteroatoms. The van der Waals surface area contributed by atoms with Gasteiger partial charge in [-0.2, -0.15) is 0 Å². The number of nitrogens with one attached hydrogen (secondary N) is 1. The van der Waals surface area contributed by atoms with E-state index in [9.17, 15) is 9.18 Å². The summed E-state index contributed by atoms with van der Waals surface area (Å²) in [4.78, 5) is 15.1. The number of benzene rings is 1. The monoisotopic (exact) mass is 292 g/mol. The van der Waals surface area contributed by atoms with Gasteiger partial charge < -0.3 is 5.32 Å². The van der Waals surface area contributed by atoms with Crippen LogP contribution in [0.2, 0.25) is 0 Å². The van der Waals surface area contributed by atoms with Gasteiger partial charge in [0.1, 0.15) is 5.82 Å². The first-order valence-corrected chi connectivity index (χ1v) is 7.00. The predicted molar refractivity (Wildman–Crippen MR) is 77.4 cm³/mol. The van der Waals surface area contributed by atoms with Crippen LogP contribution in [0.5, 0.6) is 0 Å².